The molecule has 4 nitrogen and oxygen atoms in total. The second-order valence-corrected chi connectivity index (χ2v) is 5.64. The van der Waals surface area contributed by atoms with Gasteiger partial charge in [-0.2, -0.15) is 0 Å². The van der Waals surface area contributed by atoms with E-state index in [0.717, 1.165) is 18.4 Å². The molecule has 0 saturated heterocycles. The number of halogens is 1. The number of benzene rings is 1. The number of fused-ring (bicyclic) bond motifs is 1. The van der Waals surface area contributed by atoms with Crippen LogP contribution in [0.3, 0.4) is 0 Å². The second kappa shape index (κ2) is 8.05. The fourth-order valence-corrected chi connectivity index (χ4v) is 2.40. The fourth-order valence-electron chi connectivity index (χ4n) is 2.40. The van der Waals surface area contributed by atoms with Crippen molar-refractivity contribution in [3.05, 3.63) is 36.0 Å². The van der Waals surface area contributed by atoms with Crippen LogP contribution < -0.4 is 11.1 Å². The Balaban J connectivity index is 0.00000220. The van der Waals surface area contributed by atoms with Gasteiger partial charge in [-0.3, -0.25) is 4.79 Å². The highest BCUT2D eigenvalue weighted by atomic mass is 35.5. The molecule has 0 spiro atoms. The van der Waals surface area contributed by atoms with Crippen molar-refractivity contribution in [1.29, 1.82) is 0 Å². The fraction of sp³-hybridized carbons (Fsp3) is 0.438. The molecule has 2 rings (SSSR count). The topological polar surface area (TPSA) is 70.9 Å². The highest BCUT2D eigenvalue weighted by Crippen LogP contribution is 2.17. The Bertz CT molecular complexity index is 580. The summed E-state index contributed by atoms with van der Waals surface area (Å²) in [5, 5.41) is 4.13. The van der Waals surface area contributed by atoms with Gasteiger partial charge in [0.1, 0.15) is 0 Å². The van der Waals surface area contributed by atoms with Crippen LogP contribution >= 0.6 is 12.4 Å². The van der Waals surface area contributed by atoms with Gasteiger partial charge >= 0.3 is 0 Å². The number of para-hydroxylation sites is 1. The summed E-state index contributed by atoms with van der Waals surface area (Å²) in [4.78, 5) is 15.1. The summed E-state index contributed by atoms with van der Waals surface area (Å²) in [6, 6.07) is 7.77. The molecule has 0 fully saturated rings. The Morgan fingerprint density at radius 2 is 2.05 bits per heavy atom. The molecule has 1 aromatic carbocycles. The molecular formula is C16H24ClN3O. The molecule has 4 N–H and O–H groups in total. The first-order chi connectivity index (χ1) is 9.58. The van der Waals surface area contributed by atoms with Crippen molar-refractivity contribution in [3.63, 3.8) is 0 Å². The van der Waals surface area contributed by atoms with E-state index in [2.05, 4.69) is 36.3 Å². The van der Waals surface area contributed by atoms with Gasteiger partial charge in [0, 0.05) is 23.6 Å². The average molecular weight is 310 g/mol. The van der Waals surface area contributed by atoms with Gasteiger partial charge in [0.25, 0.3) is 0 Å². The first kappa shape index (κ1) is 17.5. The summed E-state index contributed by atoms with van der Waals surface area (Å²) in [6.07, 6.45) is 3.54. The van der Waals surface area contributed by atoms with Gasteiger partial charge in [-0.05, 0) is 30.4 Å². The molecule has 0 aliphatic carbocycles. The smallest absolute Gasteiger partial charge is 0.236 e. The summed E-state index contributed by atoms with van der Waals surface area (Å²) in [5.41, 5.74) is 8.20. The molecule has 0 aliphatic heterocycles. The number of H-pyrrole nitrogens is 1. The SMILES string of the molecule is CC(C)C[C@H](N)C(=O)NCCc1c[nH]c2ccccc12.Cl. The predicted octanol–water partition coefficient (Wildman–Crippen LogP) is 2.62. The third kappa shape index (κ3) is 4.76. The third-order valence-corrected chi connectivity index (χ3v) is 3.43. The first-order valence-corrected chi connectivity index (χ1v) is 7.16. The number of hydrogen-bond acceptors (Lipinski definition) is 2. The summed E-state index contributed by atoms with van der Waals surface area (Å²) in [7, 11) is 0. The molecule has 116 valence electrons. The Kier molecular flexibility index (Phi) is 6.72. The van der Waals surface area contributed by atoms with E-state index in [-0.39, 0.29) is 18.3 Å². The largest absolute Gasteiger partial charge is 0.361 e. The minimum atomic E-state index is -0.405. The minimum Gasteiger partial charge on any atom is -0.361 e. The molecule has 1 aromatic heterocycles. The first-order valence-electron chi connectivity index (χ1n) is 7.16. The van der Waals surface area contributed by atoms with Crippen molar-refractivity contribution in [3.8, 4) is 0 Å². The van der Waals surface area contributed by atoms with E-state index < -0.39 is 6.04 Å². The van der Waals surface area contributed by atoms with Crippen LogP contribution in [0.15, 0.2) is 30.5 Å². The molecular weight excluding hydrogens is 286 g/mol. The van der Waals surface area contributed by atoms with Crippen LogP contribution in [0.1, 0.15) is 25.8 Å². The van der Waals surface area contributed by atoms with Crippen LogP contribution in [0.4, 0.5) is 0 Å². The maximum atomic E-state index is 11.8. The Morgan fingerprint density at radius 1 is 1.33 bits per heavy atom. The quantitative estimate of drug-likeness (QED) is 0.767. The molecule has 0 bridgehead atoms. The second-order valence-electron chi connectivity index (χ2n) is 5.64. The van der Waals surface area contributed by atoms with Gasteiger partial charge in [0.2, 0.25) is 5.91 Å². The molecule has 5 heteroatoms. The van der Waals surface area contributed by atoms with Crippen molar-refractivity contribution in [2.75, 3.05) is 6.54 Å². The highest BCUT2D eigenvalue weighted by Gasteiger charge is 2.14. The normalized spacial score (nSPS) is 12.2. The molecule has 0 saturated carbocycles. The number of amides is 1. The van der Waals surface area contributed by atoms with Crippen molar-refractivity contribution < 1.29 is 4.79 Å². The van der Waals surface area contributed by atoms with Crippen LogP contribution in [0, 0.1) is 5.92 Å². The Hall–Kier alpha value is -1.52. The number of carbonyl (C=O) groups excluding carboxylic acids is 1. The predicted molar refractivity (Wildman–Crippen MR) is 89.7 cm³/mol. The zero-order valence-electron chi connectivity index (χ0n) is 12.6. The van der Waals surface area contributed by atoms with Crippen LogP contribution in [0.25, 0.3) is 10.9 Å². The van der Waals surface area contributed by atoms with E-state index in [9.17, 15) is 4.79 Å². The van der Waals surface area contributed by atoms with E-state index in [1.807, 2.05) is 18.3 Å². The van der Waals surface area contributed by atoms with Crippen LogP contribution in [-0.4, -0.2) is 23.5 Å². The molecule has 2 aromatic rings. The molecule has 0 unspecified atom stereocenters. The number of carbonyl (C=O) groups is 1. The summed E-state index contributed by atoms with van der Waals surface area (Å²) in [5.74, 6) is 0.378. The molecule has 0 aliphatic rings. The monoisotopic (exact) mass is 309 g/mol. The van der Waals surface area contributed by atoms with E-state index in [0.29, 0.717) is 12.5 Å². The third-order valence-electron chi connectivity index (χ3n) is 3.43. The van der Waals surface area contributed by atoms with Crippen LogP contribution in [0.2, 0.25) is 0 Å². The lowest BCUT2D eigenvalue weighted by molar-refractivity contribution is -0.122. The summed E-state index contributed by atoms with van der Waals surface area (Å²) in [6.45, 7) is 4.75. The number of aromatic nitrogens is 1. The number of rotatable bonds is 6. The molecule has 0 radical (unpaired) electrons. The van der Waals surface area contributed by atoms with Gasteiger partial charge in [0.05, 0.1) is 6.04 Å². The van der Waals surface area contributed by atoms with Crippen molar-refractivity contribution >= 4 is 29.2 Å². The number of hydrogen-bond donors (Lipinski definition) is 3. The van der Waals surface area contributed by atoms with Gasteiger partial charge in [-0.15, -0.1) is 12.4 Å². The lowest BCUT2D eigenvalue weighted by Gasteiger charge is -2.13. The minimum absolute atomic E-state index is 0. The Morgan fingerprint density at radius 3 is 2.76 bits per heavy atom. The highest BCUT2D eigenvalue weighted by molar-refractivity contribution is 5.85. The zero-order valence-corrected chi connectivity index (χ0v) is 13.4. The van der Waals surface area contributed by atoms with Crippen molar-refractivity contribution in [2.45, 2.75) is 32.7 Å². The van der Waals surface area contributed by atoms with Gasteiger partial charge in [-0.1, -0.05) is 32.0 Å². The van der Waals surface area contributed by atoms with Gasteiger partial charge in [-0.25, -0.2) is 0 Å². The molecule has 1 heterocycles. The maximum Gasteiger partial charge on any atom is 0.236 e. The molecule has 1 atom stereocenters. The lowest BCUT2D eigenvalue weighted by Crippen LogP contribution is -2.42. The van der Waals surface area contributed by atoms with E-state index in [1.54, 1.807) is 0 Å². The van der Waals surface area contributed by atoms with Gasteiger partial charge in [0.15, 0.2) is 0 Å². The Labute approximate surface area is 131 Å². The lowest BCUT2D eigenvalue weighted by atomic mass is 10.0. The van der Waals surface area contributed by atoms with Crippen LogP contribution in [0.5, 0.6) is 0 Å². The number of nitrogens with one attached hydrogen (secondary N) is 2. The summed E-state index contributed by atoms with van der Waals surface area (Å²) < 4.78 is 0. The van der Waals surface area contributed by atoms with Crippen molar-refractivity contribution in [1.82, 2.24) is 10.3 Å². The number of aromatic amines is 1. The number of nitrogens with two attached hydrogens (primary N) is 1. The van der Waals surface area contributed by atoms with Crippen LogP contribution in [-0.2, 0) is 11.2 Å². The summed E-state index contributed by atoms with van der Waals surface area (Å²) >= 11 is 0. The van der Waals surface area contributed by atoms with E-state index >= 15 is 0 Å². The molecule has 21 heavy (non-hydrogen) atoms. The maximum absolute atomic E-state index is 11.8. The van der Waals surface area contributed by atoms with E-state index in [1.165, 1.54) is 10.9 Å². The van der Waals surface area contributed by atoms with Crippen molar-refractivity contribution in [2.24, 2.45) is 11.7 Å². The standard InChI is InChI=1S/C16H23N3O.ClH/c1-11(2)9-14(17)16(20)18-8-7-12-10-19-15-6-4-3-5-13(12)15;/h3-6,10-11,14,19H,7-9,17H2,1-2H3,(H,18,20);1H/t14-;/m0./s1. The van der Waals surface area contributed by atoms with Gasteiger partial charge < -0.3 is 16.0 Å². The average Bonchev–Trinajstić information content (AvgIpc) is 2.81. The molecule has 1 amide bonds. The zero-order chi connectivity index (χ0) is 14.5. The van der Waals surface area contributed by atoms with E-state index in [4.69, 9.17) is 5.73 Å².